The number of aliphatic hydroxyl groups excluding tert-OH is 2. The zero-order chi connectivity index (χ0) is 24.5. The van der Waals surface area contributed by atoms with Crippen molar-refractivity contribution < 1.29 is 23.7 Å². The second kappa shape index (κ2) is 10.9. The molecule has 4 fully saturated rings. The molecule has 192 valence electrons. The van der Waals surface area contributed by atoms with Gasteiger partial charge in [-0.2, -0.15) is 0 Å². The van der Waals surface area contributed by atoms with Crippen LogP contribution in [0.25, 0.3) is 0 Å². The Balaban J connectivity index is 1.31. The summed E-state index contributed by atoms with van der Waals surface area (Å²) in [5, 5.41) is 20.3. The third-order valence-electron chi connectivity index (χ3n) is 9.31. The second-order valence-electron chi connectivity index (χ2n) is 11.5. The highest BCUT2D eigenvalue weighted by Crippen LogP contribution is 2.59. The van der Waals surface area contributed by atoms with E-state index in [-0.39, 0.29) is 6.10 Å². The van der Waals surface area contributed by atoms with E-state index in [2.05, 4.69) is 37.5 Å². The molecule has 4 rings (SSSR count). The second-order valence-corrected chi connectivity index (χ2v) is 11.5. The molecule has 0 bridgehead atoms. The summed E-state index contributed by atoms with van der Waals surface area (Å²) in [4.78, 5) is 2.33. The lowest BCUT2D eigenvalue weighted by molar-refractivity contribution is -0.0895. The largest absolute Gasteiger partial charge is 0.388 e. The molecular formula is C28H43F2NO3. The number of aliphatic hydroxyl groups is 2. The number of alkyl halides is 2. The Morgan fingerprint density at radius 2 is 1.88 bits per heavy atom. The van der Waals surface area contributed by atoms with Crippen molar-refractivity contribution in [2.24, 2.45) is 23.2 Å². The van der Waals surface area contributed by atoms with Crippen molar-refractivity contribution in [1.82, 2.24) is 4.90 Å². The molecule has 0 spiro atoms. The number of hydrogen-bond acceptors (Lipinski definition) is 4. The van der Waals surface area contributed by atoms with E-state index in [9.17, 15) is 19.0 Å². The third kappa shape index (κ3) is 5.66. The fraction of sp³-hybridized carbons (Fsp3) is 0.786. The maximum Gasteiger partial charge on any atom is 0.261 e. The van der Waals surface area contributed by atoms with Crippen molar-refractivity contribution in [2.45, 2.75) is 90.0 Å². The highest BCUT2D eigenvalue weighted by Gasteiger charge is 2.50. The van der Waals surface area contributed by atoms with Gasteiger partial charge in [-0.05, 0) is 86.7 Å². The fourth-order valence-corrected chi connectivity index (χ4v) is 7.25. The molecule has 0 radical (unpaired) electrons. The van der Waals surface area contributed by atoms with Crippen molar-refractivity contribution in [3.8, 4) is 0 Å². The van der Waals surface area contributed by atoms with E-state index in [1.54, 1.807) is 5.57 Å². The van der Waals surface area contributed by atoms with Crippen molar-refractivity contribution in [3.05, 3.63) is 35.5 Å². The van der Waals surface area contributed by atoms with Crippen LogP contribution in [0, 0.1) is 23.2 Å². The molecule has 4 nitrogen and oxygen atoms in total. The Bertz CT molecular complexity index is 775. The lowest BCUT2D eigenvalue weighted by atomic mass is 9.61. The number of allylic oxidation sites excluding steroid dienone is 3. The molecule has 4 aliphatic rings. The van der Waals surface area contributed by atoms with E-state index in [0.29, 0.717) is 41.6 Å². The number of nitrogens with zero attached hydrogens (tertiary/aromatic N) is 1. The first-order valence-electron chi connectivity index (χ1n) is 13.2. The molecule has 0 aromatic heterocycles. The van der Waals surface area contributed by atoms with Crippen LogP contribution >= 0.6 is 0 Å². The highest BCUT2D eigenvalue weighted by atomic mass is 19.3. The molecule has 34 heavy (non-hydrogen) atoms. The molecule has 6 atom stereocenters. The summed E-state index contributed by atoms with van der Waals surface area (Å²) in [6.45, 7) is 10.9. The van der Waals surface area contributed by atoms with Crippen LogP contribution in [0.2, 0.25) is 0 Å². The predicted molar refractivity (Wildman–Crippen MR) is 131 cm³/mol. The summed E-state index contributed by atoms with van der Waals surface area (Å²) in [6.07, 6.45) is 9.26. The van der Waals surface area contributed by atoms with E-state index in [0.717, 1.165) is 38.0 Å². The Hall–Kier alpha value is -1.08. The molecule has 0 amide bonds. The van der Waals surface area contributed by atoms with Crippen LogP contribution in [0.15, 0.2) is 35.5 Å². The molecule has 1 heterocycles. The van der Waals surface area contributed by atoms with Crippen molar-refractivity contribution >= 4 is 0 Å². The molecule has 3 aliphatic carbocycles. The number of likely N-dealkylation sites (tertiary alicyclic amines) is 1. The first-order valence-corrected chi connectivity index (χ1v) is 13.2. The number of rotatable bonds is 8. The molecule has 2 N–H and O–H groups in total. The number of halogens is 2. The molecule has 1 aliphatic heterocycles. The van der Waals surface area contributed by atoms with Gasteiger partial charge in [0, 0.05) is 13.1 Å². The van der Waals surface area contributed by atoms with Crippen molar-refractivity contribution in [3.63, 3.8) is 0 Å². The summed E-state index contributed by atoms with van der Waals surface area (Å²) in [7, 11) is 0. The van der Waals surface area contributed by atoms with Crippen LogP contribution < -0.4 is 0 Å². The number of fused-ring (bicyclic) bond motifs is 1. The summed E-state index contributed by atoms with van der Waals surface area (Å²) in [5.74, 6) is 1.97. The fourth-order valence-electron chi connectivity index (χ4n) is 7.25. The molecule has 3 saturated carbocycles. The SMILES string of the molecule is C=C1[C@H](O)CC(=C/C=C2\CCC[C@]3(C)[C@@H](C(C)CCN4CC(OCC(F)F)C4)CC[C@@H]23)C[C@H]1O. The lowest BCUT2D eigenvalue weighted by Gasteiger charge is -2.45. The minimum absolute atomic E-state index is 0.0256. The first-order chi connectivity index (χ1) is 16.2. The highest BCUT2D eigenvalue weighted by molar-refractivity contribution is 5.29. The van der Waals surface area contributed by atoms with Gasteiger partial charge in [0.05, 0.1) is 18.3 Å². The quantitative estimate of drug-likeness (QED) is 0.475. The molecule has 1 unspecified atom stereocenters. The van der Waals surface area contributed by atoms with Gasteiger partial charge in [-0.1, -0.05) is 43.7 Å². The summed E-state index contributed by atoms with van der Waals surface area (Å²) in [5.41, 5.74) is 3.53. The molecular weight excluding hydrogens is 436 g/mol. The maximum absolute atomic E-state index is 12.3. The zero-order valence-electron chi connectivity index (χ0n) is 20.9. The van der Waals surface area contributed by atoms with Gasteiger partial charge in [-0.3, -0.25) is 4.90 Å². The minimum atomic E-state index is -2.38. The standard InChI is InChI=1S/C28H43F2NO3/c1-18(10-12-31-15-22(16-31)34-17-27(29)30)23-8-9-24-21(5-4-11-28(23,24)3)7-6-20-13-25(32)19(2)26(33)14-20/h6-7,18,22-27,32-33H,2,4-5,8-17H2,1,3H3/b21-7+/t18?,23-,24+,25-,26-,28-/m1/s1. The zero-order valence-corrected chi connectivity index (χ0v) is 20.9. The van der Waals surface area contributed by atoms with E-state index in [1.165, 1.54) is 25.7 Å². The van der Waals surface area contributed by atoms with Crippen LogP contribution in [0.5, 0.6) is 0 Å². The Morgan fingerprint density at radius 1 is 1.18 bits per heavy atom. The molecule has 1 saturated heterocycles. The molecule has 6 heteroatoms. The first kappa shape index (κ1) is 26.0. The average molecular weight is 480 g/mol. The normalized spacial score (nSPS) is 37.2. The Morgan fingerprint density at radius 3 is 2.56 bits per heavy atom. The summed E-state index contributed by atoms with van der Waals surface area (Å²) < 4.78 is 29.8. The topological polar surface area (TPSA) is 52.9 Å². The van der Waals surface area contributed by atoms with Crippen LogP contribution in [0.3, 0.4) is 0 Å². The minimum Gasteiger partial charge on any atom is -0.388 e. The third-order valence-corrected chi connectivity index (χ3v) is 9.31. The van der Waals surface area contributed by atoms with Crippen LogP contribution in [0.4, 0.5) is 8.78 Å². The summed E-state index contributed by atoms with van der Waals surface area (Å²) >= 11 is 0. The van der Waals surface area contributed by atoms with Crippen molar-refractivity contribution in [1.29, 1.82) is 0 Å². The predicted octanol–water partition coefficient (Wildman–Crippen LogP) is 5.12. The van der Waals surface area contributed by atoms with E-state index in [4.69, 9.17) is 4.74 Å². The van der Waals surface area contributed by atoms with Gasteiger partial charge in [-0.25, -0.2) is 8.78 Å². The smallest absolute Gasteiger partial charge is 0.261 e. The Kier molecular flexibility index (Phi) is 8.33. The van der Waals surface area contributed by atoms with Crippen LogP contribution in [-0.2, 0) is 4.74 Å². The van der Waals surface area contributed by atoms with Gasteiger partial charge >= 0.3 is 0 Å². The van der Waals surface area contributed by atoms with Crippen LogP contribution in [0.1, 0.15) is 65.2 Å². The van der Waals surface area contributed by atoms with Crippen LogP contribution in [-0.4, -0.2) is 66.1 Å². The van der Waals surface area contributed by atoms with Crippen molar-refractivity contribution in [2.75, 3.05) is 26.2 Å². The monoisotopic (exact) mass is 479 g/mol. The van der Waals surface area contributed by atoms with Gasteiger partial charge in [0.15, 0.2) is 0 Å². The number of hydrogen-bond donors (Lipinski definition) is 2. The lowest BCUT2D eigenvalue weighted by Crippen LogP contribution is -2.53. The number of ether oxygens (including phenoxy) is 1. The van der Waals surface area contributed by atoms with E-state index >= 15 is 0 Å². The van der Waals surface area contributed by atoms with Gasteiger partial charge in [0.2, 0.25) is 0 Å². The maximum atomic E-state index is 12.3. The molecule has 0 aromatic carbocycles. The van der Waals surface area contributed by atoms with Gasteiger partial charge in [-0.15, -0.1) is 0 Å². The van der Waals surface area contributed by atoms with E-state index in [1.807, 2.05) is 0 Å². The van der Waals surface area contributed by atoms with E-state index < -0.39 is 25.2 Å². The van der Waals surface area contributed by atoms with Gasteiger partial charge in [0.25, 0.3) is 6.43 Å². The Labute approximate surface area is 203 Å². The molecule has 0 aromatic rings. The van der Waals surface area contributed by atoms with Gasteiger partial charge < -0.3 is 14.9 Å². The average Bonchev–Trinajstić information content (AvgIpc) is 3.11. The summed E-state index contributed by atoms with van der Waals surface area (Å²) in [6, 6.07) is 0. The van der Waals surface area contributed by atoms with Gasteiger partial charge in [0.1, 0.15) is 6.61 Å².